The monoisotopic (exact) mass is 226 g/mol. The maximum absolute atomic E-state index is 8.74. The van der Waals surface area contributed by atoms with Crippen molar-refractivity contribution in [1.29, 1.82) is 0 Å². The molecule has 48 valence electrons. The zero-order chi connectivity index (χ0) is 4.50. The molecule has 0 saturated heterocycles. The minimum absolute atomic E-state index is 0. The van der Waals surface area contributed by atoms with Crippen LogP contribution in [0.5, 0.6) is 0 Å². The van der Waals surface area contributed by atoms with Crippen LogP contribution in [0, 0.1) is 0 Å². The Labute approximate surface area is 108 Å². The number of hydrogen-bond acceptors (Lipinski definition) is 2. The van der Waals surface area contributed by atoms with Crippen LogP contribution in [-0.4, -0.2) is 17.5 Å². The van der Waals surface area contributed by atoms with E-state index in [1.807, 2.05) is 0 Å². The molecule has 0 unspecified atom stereocenters. The van der Waals surface area contributed by atoms with Crippen LogP contribution < -0.4 is 51.4 Å². The third-order valence-corrected chi connectivity index (χ3v) is 0. The Kier molecular flexibility index (Phi) is 26.2. The molecule has 0 aliphatic carbocycles. The van der Waals surface area contributed by atoms with Gasteiger partial charge in [0.25, 0.3) is 0 Å². The third-order valence-electron chi connectivity index (χ3n) is 0. The molecule has 0 aromatic heterocycles. The van der Waals surface area contributed by atoms with E-state index in [4.69, 9.17) is 17.5 Å². The molecule has 0 aromatic carbocycles. The zero-order valence-electron chi connectivity index (χ0n) is 4.94. The van der Waals surface area contributed by atoms with E-state index in [1.54, 1.807) is 0 Å². The summed E-state index contributed by atoms with van der Waals surface area (Å²) in [6, 6.07) is 0. The molecule has 4 nitrogen and oxygen atoms in total. The minimum Gasteiger partial charge on any atom is -1.00 e. The molecular weight excluding hydrogens is 223 g/mol. The molecular formula is H4ClCrKO4S. The van der Waals surface area contributed by atoms with Gasteiger partial charge in [-0.05, 0) is 0 Å². The van der Waals surface area contributed by atoms with Crippen molar-refractivity contribution in [3.63, 3.8) is 0 Å². The molecule has 0 spiro atoms. The summed E-state index contributed by atoms with van der Waals surface area (Å²) in [7, 11) is -4.67. The first kappa shape index (κ1) is 22.4. The molecule has 0 saturated carbocycles. The van der Waals surface area contributed by atoms with Crippen LogP contribution in [0.3, 0.4) is 0 Å². The van der Waals surface area contributed by atoms with E-state index in [9.17, 15) is 0 Å². The maximum atomic E-state index is 8.74. The Bertz CT molecular complexity index is 104. The molecule has 0 aliphatic heterocycles. The van der Waals surface area contributed by atoms with Gasteiger partial charge >= 0.3 is 61.8 Å². The van der Waals surface area contributed by atoms with Gasteiger partial charge in [-0.3, -0.25) is 9.11 Å². The molecule has 8 heteroatoms. The van der Waals surface area contributed by atoms with Gasteiger partial charge in [0, 0.05) is 17.4 Å². The van der Waals surface area contributed by atoms with E-state index in [0.717, 1.165) is 0 Å². The predicted octanol–water partition coefficient (Wildman–Crippen LogP) is -3.12. The fourth-order valence-electron chi connectivity index (χ4n) is 0. The molecule has 0 amide bonds. The van der Waals surface area contributed by atoms with Crippen molar-refractivity contribution in [3.05, 3.63) is 0 Å². The van der Waals surface area contributed by atoms with E-state index in [0.29, 0.717) is 0 Å². The van der Waals surface area contributed by atoms with E-state index < -0.39 is 10.4 Å². The summed E-state index contributed by atoms with van der Waals surface area (Å²) >= 11 is 0. The van der Waals surface area contributed by atoms with Crippen molar-refractivity contribution in [3.8, 4) is 0 Å². The van der Waals surface area contributed by atoms with Gasteiger partial charge in [0.15, 0.2) is 0 Å². The second-order valence-corrected chi connectivity index (χ2v) is 1.34. The van der Waals surface area contributed by atoms with Gasteiger partial charge in [-0.25, -0.2) is 0 Å². The first-order chi connectivity index (χ1) is 2.00. The van der Waals surface area contributed by atoms with Crippen molar-refractivity contribution >= 4 is 22.8 Å². The van der Waals surface area contributed by atoms with Gasteiger partial charge in [0.2, 0.25) is 0 Å². The SMILES string of the molecule is Cl.O=S(=O)(O)O.[Cr].[H-].[K+]. The van der Waals surface area contributed by atoms with Gasteiger partial charge in [-0.2, -0.15) is 8.42 Å². The van der Waals surface area contributed by atoms with Crippen molar-refractivity contribution in [2.45, 2.75) is 0 Å². The normalized spacial score (nSPS) is 7.25. The fraction of sp³-hybridized carbons (Fsp3) is 0. The van der Waals surface area contributed by atoms with Gasteiger partial charge in [0.05, 0.1) is 0 Å². The standard InChI is InChI=1S/ClH.Cr.K.H2O4S.H/c;;;1-5(2,3)4;/h1H;;;(H2,1,2,3,4);/q;;+1;;-1. The van der Waals surface area contributed by atoms with Gasteiger partial charge < -0.3 is 1.43 Å². The molecule has 0 aliphatic rings. The number of halogens is 1. The number of rotatable bonds is 0. The van der Waals surface area contributed by atoms with Crippen LogP contribution in [0.1, 0.15) is 1.43 Å². The largest absolute Gasteiger partial charge is 1.00 e. The first-order valence-corrected chi connectivity index (χ1v) is 2.10. The average molecular weight is 227 g/mol. The molecule has 0 heterocycles. The van der Waals surface area contributed by atoms with Crippen LogP contribution in [0.25, 0.3) is 0 Å². The fourth-order valence-corrected chi connectivity index (χ4v) is 0. The summed E-state index contributed by atoms with van der Waals surface area (Å²) in [5, 5.41) is 0. The summed E-state index contributed by atoms with van der Waals surface area (Å²) < 4.78 is 31.6. The summed E-state index contributed by atoms with van der Waals surface area (Å²) in [5.74, 6) is 0. The second kappa shape index (κ2) is 9.33. The van der Waals surface area contributed by atoms with Gasteiger partial charge in [-0.1, -0.05) is 0 Å². The Morgan fingerprint density at radius 1 is 1.25 bits per heavy atom. The quantitative estimate of drug-likeness (QED) is 0.339. The van der Waals surface area contributed by atoms with Crippen molar-refractivity contribution in [1.82, 2.24) is 0 Å². The Hall–Kier alpha value is 2.33. The maximum Gasteiger partial charge on any atom is 1.00 e. The molecule has 8 heavy (non-hydrogen) atoms. The van der Waals surface area contributed by atoms with Crippen molar-refractivity contribution in [2.75, 3.05) is 0 Å². The Morgan fingerprint density at radius 3 is 1.25 bits per heavy atom. The average Bonchev–Trinajstić information content (AvgIpc) is 0.722. The van der Waals surface area contributed by atoms with Crippen molar-refractivity contribution in [2.24, 2.45) is 0 Å². The van der Waals surface area contributed by atoms with Crippen LogP contribution in [-0.2, 0) is 27.8 Å². The van der Waals surface area contributed by atoms with Crippen molar-refractivity contribution < 1.29 is 87.7 Å². The first-order valence-electron chi connectivity index (χ1n) is 0.698. The summed E-state index contributed by atoms with van der Waals surface area (Å²) in [5.41, 5.74) is 0. The topological polar surface area (TPSA) is 74.6 Å². The molecule has 0 fully saturated rings. The smallest absolute Gasteiger partial charge is 1.00 e. The van der Waals surface area contributed by atoms with Crippen LogP contribution in [0.4, 0.5) is 0 Å². The predicted molar refractivity (Wildman–Crippen MR) is 22.5 cm³/mol. The Balaban J connectivity index is -0.0000000133. The van der Waals surface area contributed by atoms with E-state index in [-0.39, 0.29) is 82.6 Å². The minimum atomic E-state index is -4.67. The van der Waals surface area contributed by atoms with E-state index in [2.05, 4.69) is 0 Å². The molecule has 0 rings (SSSR count). The second-order valence-electron chi connectivity index (χ2n) is 0.448. The summed E-state index contributed by atoms with van der Waals surface area (Å²) in [6.45, 7) is 0. The summed E-state index contributed by atoms with van der Waals surface area (Å²) in [4.78, 5) is 0. The van der Waals surface area contributed by atoms with Crippen LogP contribution in [0.2, 0.25) is 0 Å². The number of hydrogen-bond donors (Lipinski definition) is 2. The van der Waals surface area contributed by atoms with Crippen LogP contribution in [0.15, 0.2) is 0 Å². The molecule has 0 bridgehead atoms. The zero-order valence-corrected chi connectivity index (χ0v) is 9.97. The Morgan fingerprint density at radius 2 is 1.25 bits per heavy atom. The summed E-state index contributed by atoms with van der Waals surface area (Å²) in [6.07, 6.45) is 0. The van der Waals surface area contributed by atoms with Gasteiger partial charge in [-0.15, -0.1) is 12.4 Å². The van der Waals surface area contributed by atoms with E-state index >= 15 is 0 Å². The van der Waals surface area contributed by atoms with E-state index in [1.165, 1.54) is 0 Å². The van der Waals surface area contributed by atoms with Crippen LogP contribution >= 0.6 is 12.4 Å². The van der Waals surface area contributed by atoms with Gasteiger partial charge in [0.1, 0.15) is 0 Å². The third kappa shape index (κ3) is 82.5. The molecule has 2 N–H and O–H groups in total. The molecule has 0 aromatic rings. The molecule has 0 radical (unpaired) electrons. The molecule has 0 atom stereocenters.